The van der Waals surface area contributed by atoms with Gasteiger partial charge in [-0.05, 0) is 6.92 Å². The zero-order chi connectivity index (χ0) is 8.10. The van der Waals surface area contributed by atoms with Crippen LogP contribution in [0.3, 0.4) is 0 Å². The first-order chi connectivity index (χ1) is 5.36. The highest BCUT2D eigenvalue weighted by molar-refractivity contribution is 5.38. The van der Waals surface area contributed by atoms with Crippen molar-refractivity contribution in [3.05, 3.63) is 12.3 Å². The van der Waals surface area contributed by atoms with Crippen molar-refractivity contribution in [1.82, 2.24) is 10.2 Å². The molecule has 0 spiro atoms. The van der Waals surface area contributed by atoms with Crippen molar-refractivity contribution in [2.75, 3.05) is 19.0 Å². The van der Waals surface area contributed by atoms with Crippen molar-refractivity contribution in [2.24, 2.45) is 0 Å². The molecule has 11 heavy (non-hydrogen) atoms. The van der Waals surface area contributed by atoms with E-state index in [0.29, 0.717) is 0 Å². The number of nitrogens with zero attached hydrogens (tertiary/aromatic N) is 2. The van der Waals surface area contributed by atoms with E-state index in [0.717, 1.165) is 18.1 Å². The Hall–Kier alpha value is -1.32. The number of anilines is 1. The quantitative estimate of drug-likeness (QED) is 0.701. The van der Waals surface area contributed by atoms with Crippen molar-refractivity contribution < 1.29 is 4.74 Å². The number of rotatable bonds is 3. The van der Waals surface area contributed by atoms with Crippen LogP contribution in [0.15, 0.2) is 12.3 Å². The van der Waals surface area contributed by atoms with Gasteiger partial charge >= 0.3 is 0 Å². The summed E-state index contributed by atoms with van der Waals surface area (Å²) in [4.78, 5) is 0. The Kier molecular flexibility index (Phi) is 2.66. The van der Waals surface area contributed by atoms with E-state index in [1.54, 1.807) is 19.4 Å². The van der Waals surface area contributed by atoms with Gasteiger partial charge in [-0.15, -0.1) is 5.10 Å². The largest absolute Gasteiger partial charge is 0.495 e. The van der Waals surface area contributed by atoms with E-state index in [9.17, 15) is 0 Å². The second kappa shape index (κ2) is 3.75. The smallest absolute Gasteiger partial charge is 0.152 e. The van der Waals surface area contributed by atoms with Crippen LogP contribution in [0.5, 0.6) is 5.75 Å². The molecule has 1 aromatic rings. The summed E-state index contributed by atoms with van der Waals surface area (Å²) in [7, 11) is 1.60. The van der Waals surface area contributed by atoms with Crippen molar-refractivity contribution in [2.45, 2.75) is 6.92 Å². The van der Waals surface area contributed by atoms with Gasteiger partial charge in [0.2, 0.25) is 0 Å². The van der Waals surface area contributed by atoms with Crippen LogP contribution in [-0.4, -0.2) is 23.9 Å². The molecule has 0 fully saturated rings. The Morgan fingerprint density at radius 1 is 1.64 bits per heavy atom. The van der Waals surface area contributed by atoms with Crippen molar-refractivity contribution in [3.63, 3.8) is 0 Å². The molecule has 0 atom stereocenters. The zero-order valence-corrected chi connectivity index (χ0v) is 6.66. The molecule has 0 radical (unpaired) electrons. The normalized spacial score (nSPS) is 9.27. The lowest BCUT2D eigenvalue weighted by atomic mass is 10.5. The summed E-state index contributed by atoms with van der Waals surface area (Å²) >= 11 is 0. The number of aromatic nitrogens is 2. The molecule has 0 bridgehead atoms. The standard InChI is InChI=1S/C7H11N3O/c1-3-8-7-4-6(11-2)5-9-10-7/h4-5H,3H2,1-2H3,(H,8,10). The molecule has 1 heterocycles. The van der Waals surface area contributed by atoms with Crippen LogP contribution >= 0.6 is 0 Å². The van der Waals surface area contributed by atoms with E-state index < -0.39 is 0 Å². The first kappa shape index (κ1) is 7.78. The maximum absolute atomic E-state index is 4.96. The summed E-state index contributed by atoms with van der Waals surface area (Å²) in [6.07, 6.45) is 1.57. The molecule has 0 saturated carbocycles. The summed E-state index contributed by atoms with van der Waals surface area (Å²) in [5.74, 6) is 1.46. The van der Waals surface area contributed by atoms with Gasteiger partial charge in [0.1, 0.15) is 5.75 Å². The van der Waals surface area contributed by atoms with Crippen molar-refractivity contribution in [1.29, 1.82) is 0 Å². The molecular formula is C7H11N3O. The van der Waals surface area contributed by atoms with Crippen LogP contribution in [0.2, 0.25) is 0 Å². The van der Waals surface area contributed by atoms with E-state index in [1.807, 2.05) is 6.92 Å². The van der Waals surface area contributed by atoms with E-state index in [2.05, 4.69) is 15.5 Å². The van der Waals surface area contributed by atoms with Gasteiger partial charge in [0.15, 0.2) is 5.82 Å². The molecule has 4 nitrogen and oxygen atoms in total. The summed E-state index contributed by atoms with van der Waals surface area (Å²) in [5, 5.41) is 10.6. The Labute approximate surface area is 65.6 Å². The SMILES string of the molecule is CCNc1cc(OC)cnn1. The van der Waals surface area contributed by atoms with Crippen LogP contribution in [0.1, 0.15) is 6.92 Å². The van der Waals surface area contributed by atoms with E-state index >= 15 is 0 Å². The number of hydrogen-bond acceptors (Lipinski definition) is 4. The molecule has 1 aromatic heterocycles. The van der Waals surface area contributed by atoms with Gasteiger partial charge in [0.25, 0.3) is 0 Å². The maximum atomic E-state index is 4.96. The Bertz CT molecular complexity index is 227. The second-order valence-corrected chi connectivity index (χ2v) is 2.01. The van der Waals surface area contributed by atoms with Crippen molar-refractivity contribution >= 4 is 5.82 Å². The first-order valence-corrected chi connectivity index (χ1v) is 3.47. The minimum atomic E-state index is 0.718. The Balaban J connectivity index is 2.74. The molecule has 60 valence electrons. The molecule has 0 aliphatic rings. The van der Waals surface area contributed by atoms with Crippen LogP contribution in [0, 0.1) is 0 Å². The van der Waals surface area contributed by atoms with Gasteiger partial charge in [-0.1, -0.05) is 0 Å². The minimum Gasteiger partial charge on any atom is -0.495 e. The van der Waals surface area contributed by atoms with Gasteiger partial charge in [-0.2, -0.15) is 5.10 Å². The van der Waals surface area contributed by atoms with Crippen LogP contribution in [0.4, 0.5) is 5.82 Å². The first-order valence-electron chi connectivity index (χ1n) is 3.47. The molecule has 4 heteroatoms. The molecule has 1 rings (SSSR count). The number of methoxy groups -OCH3 is 1. The summed E-state index contributed by atoms with van der Waals surface area (Å²) in [6, 6.07) is 1.80. The number of nitrogens with one attached hydrogen (secondary N) is 1. The van der Waals surface area contributed by atoms with Gasteiger partial charge in [-0.3, -0.25) is 0 Å². The topological polar surface area (TPSA) is 47.0 Å². The fourth-order valence-electron chi connectivity index (χ4n) is 0.728. The predicted molar refractivity (Wildman–Crippen MR) is 42.7 cm³/mol. The van der Waals surface area contributed by atoms with Gasteiger partial charge in [-0.25, -0.2) is 0 Å². The lowest BCUT2D eigenvalue weighted by molar-refractivity contribution is 0.412. The highest BCUT2D eigenvalue weighted by Crippen LogP contribution is 2.10. The Morgan fingerprint density at radius 3 is 3.09 bits per heavy atom. The van der Waals surface area contributed by atoms with E-state index in [-0.39, 0.29) is 0 Å². The maximum Gasteiger partial charge on any atom is 0.152 e. The highest BCUT2D eigenvalue weighted by Gasteiger charge is 1.94. The highest BCUT2D eigenvalue weighted by atomic mass is 16.5. The summed E-state index contributed by atoms with van der Waals surface area (Å²) < 4.78 is 4.96. The molecular weight excluding hydrogens is 142 g/mol. The number of ether oxygens (including phenoxy) is 1. The molecule has 0 amide bonds. The minimum absolute atomic E-state index is 0.718. The fraction of sp³-hybridized carbons (Fsp3) is 0.429. The third kappa shape index (κ3) is 2.07. The zero-order valence-electron chi connectivity index (χ0n) is 6.66. The van der Waals surface area contributed by atoms with Crippen molar-refractivity contribution in [3.8, 4) is 5.75 Å². The molecule has 0 aliphatic carbocycles. The lowest BCUT2D eigenvalue weighted by Gasteiger charge is -2.02. The number of hydrogen-bond donors (Lipinski definition) is 1. The molecule has 0 saturated heterocycles. The third-order valence-corrected chi connectivity index (χ3v) is 1.22. The summed E-state index contributed by atoms with van der Waals surface area (Å²) in [6.45, 7) is 2.84. The predicted octanol–water partition coefficient (Wildman–Crippen LogP) is 0.917. The molecule has 0 aromatic carbocycles. The monoisotopic (exact) mass is 153 g/mol. The van der Waals surface area contributed by atoms with E-state index in [1.165, 1.54) is 0 Å². The fourth-order valence-corrected chi connectivity index (χ4v) is 0.728. The van der Waals surface area contributed by atoms with Crippen LogP contribution in [0.25, 0.3) is 0 Å². The van der Waals surface area contributed by atoms with Crippen LogP contribution in [-0.2, 0) is 0 Å². The third-order valence-electron chi connectivity index (χ3n) is 1.22. The summed E-state index contributed by atoms with van der Waals surface area (Å²) in [5.41, 5.74) is 0. The average molecular weight is 153 g/mol. The average Bonchev–Trinajstić information content (AvgIpc) is 2.06. The van der Waals surface area contributed by atoms with Crippen LogP contribution < -0.4 is 10.1 Å². The van der Waals surface area contributed by atoms with E-state index in [4.69, 9.17) is 4.74 Å². The lowest BCUT2D eigenvalue weighted by Crippen LogP contribution is -2.00. The molecule has 1 N–H and O–H groups in total. The molecule has 0 aliphatic heterocycles. The second-order valence-electron chi connectivity index (χ2n) is 2.01. The Morgan fingerprint density at radius 2 is 2.45 bits per heavy atom. The van der Waals surface area contributed by atoms with Gasteiger partial charge in [0, 0.05) is 12.6 Å². The molecule has 0 unspecified atom stereocenters. The van der Waals surface area contributed by atoms with Gasteiger partial charge in [0.05, 0.1) is 13.3 Å². The van der Waals surface area contributed by atoms with Gasteiger partial charge < -0.3 is 10.1 Å².